The van der Waals surface area contributed by atoms with E-state index >= 15 is 0 Å². The van der Waals surface area contributed by atoms with Crippen molar-refractivity contribution in [1.82, 2.24) is 4.72 Å². The fraction of sp³-hybridized carbons (Fsp3) is 0.714. The zero-order chi connectivity index (χ0) is 25.9. The van der Waals surface area contributed by atoms with Gasteiger partial charge in [0.2, 0.25) is 10.0 Å². The molecule has 10 nitrogen and oxygen atoms in total. The second-order valence-electron chi connectivity index (χ2n) is 10.7. The number of ether oxygens (including phenoxy) is 2. The molecule has 2 fully saturated rings. The fourth-order valence-electron chi connectivity index (χ4n) is 3.90. The number of nitrogens with one attached hydrogen (secondary N) is 1. The molecule has 0 radical (unpaired) electrons. The molecule has 1 aromatic rings. The number of sulfonamides is 1. The summed E-state index contributed by atoms with van der Waals surface area (Å²) in [7, 11) is -6.41. The third-order valence-corrected chi connectivity index (χ3v) is 13.7. The number of hydrogen-bond donors (Lipinski definition) is 2. The summed E-state index contributed by atoms with van der Waals surface area (Å²) in [6.45, 7) is 14.0. The minimum atomic E-state index is -4.13. The summed E-state index contributed by atoms with van der Waals surface area (Å²) < 4.78 is 47.6. The molecular weight excluding hydrogens is 548 g/mol. The van der Waals surface area contributed by atoms with Gasteiger partial charge in [-0.15, -0.1) is 0 Å². The summed E-state index contributed by atoms with van der Waals surface area (Å²) in [6, 6.07) is 3.48. The van der Waals surface area contributed by atoms with Gasteiger partial charge in [0.1, 0.15) is 12.2 Å². The molecule has 3 rings (SSSR count). The number of aliphatic hydroxyl groups is 1. The number of non-ortho nitro benzene ring substituents is 1. The van der Waals surface area contributed by atoms with Crippen LogP contribution in [0, 0.1) is 10.1 Å². The molecular formula is C21H33BrN2O8SSi. The zero-order valence-corrected chi connectivity index (χ0v) is 23.7. The quantitative estimate of drug-likeness (QED) is 0.226. The highest BCUT2D eigenvalue weighted by Crippen LogP contribution is 2.45. The van der Waals surface area contributed by atoms with E-state index in [9.17, 15) is 23.6 Å². The van der Waals surface area contributed by atoms with Gasteiger partial charge in [-0.05, 0) is 44.1 Å². The van der Waals surface area contributed by atoms with Gasteiger partial charge in [-0.3, -0.25) is 10.1 Å². The van der Waals surface area contributed by atoms with E-state index in [1.54, 1.807) is 13.8 Å². The average Bonchev–Trinajstić information content (AvgIpc) is 3.03. The van der Waals surface area contributed by atoms with Crippen molar-refractivity contribution in [3.8, 4) is 0 Å². The van der Waals surface area contributed by atoms with Crippen LogP contribution in [0.1, 0.15) is 34.6 Å². The van der Waals surface area contributed by atoms with Crippen LogP contribution in [0.25, 0.3) is 0 Å². The number of alkyl halides is 1. The lowest BCUT2D eigenvalue weighted by Crippen LogP contribution is -2.67. The van der Waals surface area contributed by atoms with Crippen molar-refractivity contribution in [1.29, 1.82) is 0 Å². The summed E-state index contributed by atoms with van der Waals surface area (Å²) in [4.78, 5) is 9.49. The Morgan fingerprint density at radius 1 is 1.18 bits per heavy atom. The van der Waals surface area contributed by atoms with E-state index in [1.165, 1.54) is 0 Å². The van der Waals surface area contributed by atoms with Gasteiger partial charge in [0.05, 0.1) is 32.9 Å². The summed E-state index contributed by atoms with van der Waals surface area (Å²) >= 11 is 3.55. The van der Waals surface area contributed by atoms with Crippen LogP contribution in [0.5, 0.6) is 0 Å². The van der Waals surface area contributed by atoms with Gasteiger partial charge in [-0.25, -0.2) is 13.1 Å². The highest BCUT2D eigenvalue weighted by Gasteiger charge is 2.60. The van der Waals surface area contributed by atoms with Gasteiger partial charge >= 0.3 is 0 Å². The van der Waals surface area contributed by atoms with E-state index in [0.29, 0.717) is 0 Å². The van der Waals surface area contributed by atoms with Gasteiger partial charge in [0.15, 0.2) is 14.1 Å². The summed E-state index contributed by atoms with van der Waals surface area (Å²) in [5, 5.41) is 22.0. The Morgan fingerprint density at radius 3 is 2.21 bits per heavy atom. The smallest absolute Gasteiger partial charge is 0.269 e. The molecule has 0 amide bonds. The number of hydrogen-bond acceptors (Lipinski definition) is 8. The molecule has 2 N–H and O–H groups in total. The van der Waals surface area contributed by atoms with Crippen molar-refractivity contribution in [2.45, 2.75) is 98.7 Å². The molecule has 192 valence electrons. The van der Waals surface area contributed by atoms with Crippen LogP contribution >= 0.6 is 15.9 Å². The number of nitrogens with zero attached hydrogens (tertiary/aromatic N) is 1. The molecule has 2 aliphatic rings. The molecule has 0 aromatic heterocycles. The second kappa shape index (κ2) is 9.18. The molecule has 0 bridgehead atoms. The van der Waals surface area contributed by atoms with Crippen molar-refractivity contribution >= 4 is 40.0 Å². The van der Waals surface area contributed by atoms with Crippen LogP contribution in [0.4, 0.5) is 5.69 Å². The maximum atomic E-state index is 13.1. The molecule has 1 aromatic carbocycles. The van der Waals surface area contributed by atoms with E-state index in [0.717, 1.165) is 24.3 Å². The van der Waals surface area contributed by atoms with Crippen molar-refractivity contribution in [2.24, 2.45) is 0 Å². The molecule has 6 atom stereocenters. The molecule has 34 heavy (non-hydrogen) atoms. The first-order valence-electron chi connectivity index (χ1n) is 11.0. The standard InChI is InChI=1S/C21H33BrN2O8SSi/c1-20(2,3)34(6,7)32-17-14(22)16(25)15(18-19(17)31-21(4,5)30-18)23-33(28,29)13-10-8-12(9-11-13)24(26)27/h8-11,14-19,23,25H,1-7H3/t14-,15+,16-,17-,18-,19+/m0/s1. The van der Waals surface area contributed by atoms with Crippen LogP contribution in [0.2, 0.25) is 18.1 Å². The maximum Gasteiger partial charge on any atom is 0.269 e. The monoisotopic (exact) mass is 580 g/mol. The van der Waals surface area contributed by atoms with E-state index in [2.05, 4.69) is 54.5 Å². The zero-order valence-electron chi connectivity index (χ0n) is 20.3. The second-order valence-corrected chi connectivity index (χ2v) is 18.3. The van der Waals surface area contributed by atoms with Crippen molar-refractivity contribution < 1.29 is 32.3 Å². The van der Waals surface area contributed by atoms with Crippen LogP contribution in [-0.2, 0) is 23.9 Å². The number of rotatable bonds is 6. The number of benzene rings is 1. The van der Waals surface area contributed by atoms with Crippen molar-refractivity contribution in [3.63, 3.8) is 0 Å². The molecule has 13 heteroatoms. The van der Waals surface area contributed by atoms with Gasteiger partial charge in [-0.1, -0.05) is 36.7 Å². The molecule has 1 heterocycles. The molecule has 1 aliphatic carbocycles. The van der Waals surface area contributed by atoms with Gasteiger partial charge < -0.3 is 19.0 Å². The Balaban J connectivity index is 1.92. The van der Waals surface area contributed by atoms with Crippen LogP contribution < -0.4 is 4.72 Å². The Labute approximate surface area is 209 Å². The van der Waals surface area contributed by atoms with Crippen molar-refractivity contribution in [2.75, 3.05) is 0 Å². The number of aliphatic hydroxyl groups excluding tert-OH is 1. The molecule has 0 unspecified atom stereocenters. The highest BCUT2D eigenvalue weighted by atomic mass is 79.9. The molecule has 1 saturated heterocycles. The first-order valence-corrected chi connectivity index (χ1v) is 16.3. The normalized spacial score (nSPS) is 31.8. The first-order chi connectivity index (χ1) is 15.4. The topological polar surface area (TPSA) is 137 Å². The van der Waals surface area contributed by atoms with Gasteiger partial charge in [0, 0.05) is 12.1 Å². The van der Waals surface area contributed by atoms with Crippen LogP contribution in [0.15, 0.2) is 29.2 Å². The number of fused-ring (bicyclic) bond motifs is 1. The predicted octanol–water partition coefficient (Wildman–Crippen LogP) is 3.29. The Morgan fingerprint density at radius 2 is 1.71 bits per heavy atom. The lowest BCUT2D eigenvalue weighted by molar-refractivity contribution is -0.384. The van der Waals surface area contributed by atoms with Crippen LogP contribution in [0.3, 0.4) is 0 Å². The lowest BCUT2D eigenvalue weighted by atomic mass is 9.86. The predicted molar refractivity (Wildman–Crippen MR) is 132 cm³/mol. The summed E-state index contributed by atoms with van der Waals surface area (Å²) in [5.74, 6) is -1.02. The van der Waals surface area contributed by atoms with E-state index < -0.39 is 64.3 Å². The van der Waals surface area contributed by atoms with Gasteiger partial charge in [-0.2, -0.15) is 0 Å². The summed E-state index contributed by atoms with van der Waals surface area (Å²) in [5.41, 5.74) is -0.225. The SMILES string of the molecule is CC1(C)O[C@@H]2[C@@H](O[Si](C)(C)C(C)(C)C)[C@@H](Br)[C@H](O)[C@@H](NS(=O)(=O)c3ccc([N+](=O)[O-])cc3)[C@@H]2O1. The minimum Gasteiger partial charge on any atom is -0.410 e. The molecule has 1 saturated carbocycles. The fourth-order valence-corrected chi connectivity index (χ4v) is 7.41. The van der Waals surface area contributed by atoms with Gasteiger partial charge in [0.25, 0.3) is 5.69 Å². The lowest BCUT2D eigenvalue weighted by Gasteiger charge is -2.48. The number of nitro groups is 1. The number of nitro benzene ring substituents is 1. The largest absolute Gasteiger partial charge is 0.410 e. The number of halogens is 1. The Bertz CT molecular complexity index is 1030. The Hall–Kier alpha value is -0.933. The third kappa shape index (κ3) is 5.41. The summed E-state index contributed by atoms with van der Waals surface area (Å²) in [6.07, 6.45) is -3.22. The van der Waals surface area contributed by atoms with E-state index in [4.69, 9.17) is 13.9 Å². The maximum absolute atomic E-state index is 13.1. The van der Waals surface area contributed by atoms with Crippen LogP contribution in [-0.4, -0.2) is 67.8 Å². The molecule has 1 aliphatic heterocycles. The van der Waals surface area contributed by atoms with E-state index in [-0.39, 0.29) is 15.6 Å². The van der Waals surface area contributed by atoms with Crippen molar-refractivity contribution in [3.05, 3.63) is 34.4 Å². The molecule has 0 spiro atoms. The Kier molecular flexibility index (Phi) is 7.46. The minimum absolute atomic E-state index is 0.0937. The third-order valence-electron chi connectivity index (χ3n) is 6.74. The highest BCUT2D eigenvalue weighted by molar-refractivity contribution is 9.09. The van der Waals surface area contributed by atoms with E-state index in [1.807, 2.05) is 0 Å². The first kappa shape index (κ1) is 27.7. The average molecular weight is 582 g/mol.